The van der Waals surface area contributed by atoms with Gasteiger partial charge in [-0.25, -0.2) is 26.8 Å². The normalized spacial score (nSPS) is 22.9. The minimum absolute atomic E-state index is 0.0206. The first-order valence-corrected chi connectivity index (χ1v) is 18.1. The highest BCUT2D eigenvalue weighted by Gasteiger charge is 2.43. The first-order chi connectivity index (χ1) is 20.3. The van der Waals surface area contributed by atoms with Gasteiger partial charge in [-0.3, -0.25) is 4.90 Å². The highest BCUT2D eigenvalue weighted by atomic mass is 32.2. The van der Waals surface area contributed by atoms with Gasteiger partial charge in [-0.2, -0.15) is 13.2 Å². The molecule has 0 unspecified atom stereocenters. The smallest absolute Gasteiger partial charge is 0.395 e. The molecule has 43 heavy (non-hydrogen) atoms. The minimum Gasteiger partial charge on any atom is -0.395 e. The van der Waals surface area contributed by atoms with Crippen LogP contribution in [-0.2, 0) is 38.0 Å². The summed E-state index contributed by atoms with van der Waals surface area (Å²) in [5.74, 6) is -1.84. The number of halogens is 3. The minimum atomic E-state index is -4.84. The standard InChI is InChI=1S/C27H30F3N5O5S3/c1-2-16-9-17(35-14-18-10-19(35)13-34(18)5-6-36)3-4-21(16)32-26-31-12-20(27(28,29)30)25(33-26)22-11-24-23(41-22)15-42(37,38)7-8-43(24,39)40/h3-4,9,11-12,18-19,36H,2,5-8,10,13-15H2,1H3,(H,31,32,33)/t18-,19-/m1/s1. The van der Waals surface area contributed by atoms with E-state index in [0.717, 1.165) is 36.8 Å². The number of nitrogens with one attached hydrogen (secondary N) is 1. The molecule has 1 aromatic carbocycles. The van der Waals surface area contributed by atoms with Crippen LogP contribution in [0.3, 0.4) is 0 Å². The summed E-state index contributed by atoms with van der Waals surface area (Å²) in [7, 11) is -7.74. The average Bonchev–Trinajstić information content (AvgIpc) is 3.65. The number of β-amino-alcohol motifs (C(OH)–C–C–N with tert-alkyl or cyclic N) is 1. The number of aliphatic hydroxyl groups excluding tert-OH is 1. The van der Waals surface area contributed by atoms with E-state index in [4.69, 9.17) is 0 Å². The van der Waals surface area contributed by atoms with Gasteiger partial charge in [0.25, 0.3) is 0 Å². The zero-order chi connectivity index (χ0) is 30.7. The molecule has 3 aromatic rings. The summed E-state index contributed by atoms with van der Waals surface area (Å²) in [6.07, 6.45) is -2.52. The van der Waals surface area contributed by atoms with Gasteiger partial charge >= 0.3 is 6.18 Å². The molecule has 5 heterocycles. The van der Waals surface area contributed by atoms with Crippen LogP contribution in [0.15, 0.2) is 35.4 Å². The fourth-order valence-corrected chi connectivity index (χ4v) is 11.9. The Balaban J connectivity index is 1.32. The Morgan fingerprint density at radius 2 is 1.91 bits per heavy atom. The molecule has 232 valence electrons. The lowest BCUT2D eigenvalue weighted by Crippen LogP contribution is -2.47. The number of rotatable bonds is 7. The van der Waals surface area contributed by atoms with Crippen molar-refractivity contribution in [2.24, 2.45) is 0 Å². The van der Waals surface area contributed by atoms with Crippen LogP contribution < -0.4 is 10.2 Å². The summed E-state index contributed by atoms with van der Waals surface area (Å²) < 4.78 is 92.2. The second kappa shape index (κ2) is 11.0. The molecule has 3 aliphatic heterocycles. The number of aliphatic hydroxyl groups is 1. The number of benzene rings is 1. The number of anilines is 3. The fourth-order valence-electron chi connectivity index (χ4n) is 6.11. The van der Waals surface area contributed by atoms with Crippen molar-refractivity contribution >= 4 is 48.3 Å². The van der Waals surface area contributed by atoms with Crippen LogP contribution in [0.2, 0.25) is 0 Å². The van der Waals surface area contributed by atoms with Crippen LogP contribution in [0.4, 0.5) is 30.5 Å². The molecule has 2 N–H and O–H groups in total. The van der Waals surface area contributed by atoms with Gasteiger partial charge < -0.3 is 15.3 Å². The molecule has 0 saturated carbocycles. The van der Waals surface area contributed by atoms with Crippen LogP contribution in [0.5, 0.6) is 0 Å². The van der Waals surface area contributed by atoms with Crippen molar-refractivity contribution in [1.82, 2.24) is 14.9 Å². The van der Waals surface area contributed by atoms with E-state index in [1.165, 1.54) is 0 Å². The van der Waals surface area contributed by atoms with Crippen molar-refractivity contribution in [2.45, 2.75) is 48.7 Å². The van der Waals surface area contributed by atoms with E-state index < -0.39 is 54.4 Å². The van der Waals surface area contributed by atoms with Gasteiger partial charge in [0.1, 0.15) is 5.56 Å². The number of hydrogen-bond donors (Lipinski definition) is 2. The van der Waals surface area contributed by atoms with Gasteiger partial charge in [0.2, 0.25) is 5.95 Å². The van der Waals surface area contributed by atoms with E-state index in [1.54, 1.807) is 0 Å². The maximum absolute atomic E-state index is 14.0. The van der Waals surface area contributed by atoms with Crippen LogP contribution >= 0.6 is 11.3 Å². The number of nitrogens with zero attached hydrogens (tertiary/aromatic N) is 4. The van der Waals surface area contributed by atoms with Crippen LogP contribution in [0, 0.1) is 0 Å². The summed E-state index contributed by atoms with van der Waals surface area (Å²) in [5.41, 5.74) is 0.908. The second-order valence-electron chi connectivity index (χ2n) is 11.0. The molecule has 2 atom stereocenters. The molecule has 3 aliphatic rings. The Labute approximate surface area is 251 Å². The average molecular weight is 658 g/mol. The molecule has 6 rings (SSSR count). The van der Waals surface area contributed by atoms with Gasteiger partial charge in [-0.05, 0) is 42.7 Å². The molecule has 0 spiro atoms. The lowest BCUT2D eigenvalue weighted by molar-refractivity contribution is -0.137. The van der Waals surface area contributed by atoms with Crippen molar-refractivity contribution < 1.29 is 35.1 Å². The second-order valence-corrected chi connectivity index (χ2v) is 16.4. The summed E-state index contributed by atoms with van der Waals surface area (Å²) in [6, 6.07) is 7.67. The Morgan fingerprint density at radius 1 is 1.12 bits per heavy atom. The molecule has 2 bridgehead atoms. The molecule has 0 amide bonds. The van der Waals surface area contributed by atoms with Gasteiger partial charge in [-0.1, -0.05) is 6.92 Å². The number of fused-ring (bicyclic) bond motifs is 3. The number of aryl methyl sites for hydroxylation is 1. The number of alkyl halides is 3. The predicted octanol–water partition coefficient (Wildman–Crippen LogP) is 3.49. The van der Waals surface area contributed by atoms with Crippen molar-refractivity contribution in [3.8, 4) is 10.6 Å². The number of piperazine rings is 1. The SMILES string of the molecule is CCc1cc(N2C[C@H]3C[C@@H]2CN3CCO)ccc1Nc1ncc(C(F)(F)F)c(-c2cc3c(s2)CS(=O)(=O)CCS3(=O)=O)n1. The number of likely N-dealkylation sites (tertiary alicyclic amines) is 1. The van der Waals surface area contributed by atoms with Crippen LogP contribution in [-0.4, -0.2) is 86.6 Å². The van der Waals surface area contributed by atoms with E-state index in [9.17, 15) is 35.1 Å². The lowest BCUT2D eigenvalue weighted by Gasteiger charge is -2.35. The molecular formula is C27H30F3N5O5S3. The quantitative estimate of drug-likeness (QED) is 0.389. The van der Waals surface area contributed by atoms with Crippen molar-refractivity contribution in [2.75, 3.05) is 48.0 Å². The lowest BCUT2D eigenvalue weighted by atomic mass is 10.1. The summed E-state index contributed by atoms with van der Waals surface area (Å²) in [4.78, 5) is 12.4. The van der Waals surface area contributed by atoms with E-state index in [1.807, 2.05) is 25.1 Å². The highest BCUT2D eigenvalue weighted by Crippen LogP contribution is 2.43. The third kappa shape index (κ3) is 5.87. The number of sulfone groups is 2. The third-order valence-corrected chi connectivity index (χ3v) is 13.3. The van der Waals surface area contributed by atoms with Gasteiger partial charge in [0.05, 0.1) is 39.3 Å². The molecular weight excluding hydrogens is 628 g/mol. The van der Waals surface area contributed by atoms with Crippen LogP contribution in [0.1, 0.15) is 29.3 Å². The Morgan fingerprint density at radius 3 is 2.58 bits per heavy atom. The van der Waals surface area contributed by atoms with Crippen molar-refractivity contribution in [1.29, 1.82) is 0 Å². The number of hydrogen-bond acceptors (Lipinski definition) is 11. The zero-order valence-electron chi connectivity index (χ0n) is 23.1. The van der Waals surface area contributed by atoms with Gasteiger partial charge in [0.15, 0.2) is 19.7 Å². The zero-order valence-corrected chi connectivity index (χ0v) is 25.6. The maximum Gasteiger partial charge on any atom is 0.420 e. The molecule has 0 radical (unpaired) electrons. The Hall–Kier alpha value is -2.79. The molecule has 10 nitrogen and oxygen atoms in total. The van der Waals surface area contributed by atoms with Crippen molar-refractivity contribution in [3.05, 3.63) is 46.5 Å². The van der Waals surface area contributed by atoms with Crippen LogP contribution in [0.25, 0.3) is 10.6 Å². The highest BCUT2D eigenvalue weighted by molar-refractivity contribution is 7.95. The Kier molecular flexibility index (Phi) is 7.72. The maximum atomic E-state index is 14.0. The van der Waals surface area contributed by atoms with E-state index in [0.29, 0.717) is 48.3 Å². The largest absolute Gasteiger partial charge is 0.420 e. The molecule has 2 aromatic heterocycles. The monoisotopic (exact) mass is 657 g/mol. The third-order valence-electron chi connectivity index (χ3n) is 8.24. The van der Waals surface area contributed by atoms with Crippen molar-refractivity contribution in [3.63, 3.8) is 0 Å². The predicted molar refractivity (Wildman–Crippen MR) is 157 cm³/mol. The number of aromatic nitrogens is 2. The molecule has 2 saturated heterocycles. The van der Waals surface area contributed by atoms with E-state index >= 15 is 0 Å². The molecule has 0 aliphatic carbocycles. The summed E-state index contributed by atoms with van der Waals surface area (Å²) in [6.45, 7) is 4.50. The first-order valence-electron chi connectivity index (χ1n) is 13.8. The van der Waals surface area contributed by atoms with E-state index in [2.05, 4.69) is 25.1 Å². The van der Waals surface area contributed by atoms with E-state index in [-0.39, 0.29) is 27.2 Å². The summed E-state index contributed by atoms with van der Waals surface area (Å²) >= 11 is 0.685. The number of thiophene rings is 1. The Bertz CT molecular complexity index is 1780. The molecule has 16 heteroatoms. The molecule has 2 fully saturated rings. The van der Waals surface area contributed by atoms with Gasteiger partial charge in [-0.15, -0.1) is 11.3 Å². The summed E-state index contributed by atoms with van der Waals surface area (Å²) in [5, 5.41) is 12.3. The topological polar surface area (TPSA) is 133 Å². The fraction of sp³-hybridized carbons (Fsp3) is 0.481. The van der Waals surface area contributed by atoms with Gasteiger partial charge in [0, 0.05) is 54.2 Å². The first kappa shape index (κ1) is 30.2.